The summed E-state index contributed by atoms with van der Waals surface area (Å²) in [7, 11) is 0. The van der Waals surface area contributed by atoms with E-state index in [1.807, 2.05) is 13.0 Å². The van der Waals surface area contributed by atoms with Crippen LogP contribution in [-0.4, -0.2) is 6.36 Å². The lowest BCUT2D eigenvalue weighted by Gasteiger charge is -2.17. The molecule has 0 unspecified atom stereocenters. The van der Waals surface area contributed by atoms with Crippen molar-refractivity contribution in [3.63, 3.8) is 0 Å². The van der Waals surface area contributed by atoms with Gasteiger partial charge in [0.1, 0.15) is 5.75 Å². The minimum atomic E-state index is -4.68. The topological polar surface area (TPSA) is 9.23 Å². The van der Waals surface area contributed by atoms with Gasteiger partial charge in [-0.2, -0.15) is 0 Å². The number of alkyl halides is 3. The second-order valence-electron chi connectivity index (χ2n) is 6.80. The Morgan fingerprint density at radius 3 is 1.81 bits per heavy atom. The smallest absolute Gasteiger partial charge is 0.406 e. The van der Waals surface area contributed by atoms with Crippen molar-refractivity contribution in [3.8, 4) is 28.0 Å². The van der Waals surface area contributed by atoms with Crippen LogP contribution in [0.3, 0.4) is 0 Å². The number of benzene rings is 3. The fourth-order valence-corrected chi connectivity index (χ4v) is 3.29. The van der Waals surface area contributed by atoms with Crippen LogP contribution in [0.5, 0.6) is 5.75 Å². The molecule has 0 radical (unpaired) electrons. The van der Waals surface area contributed by atoms with Crippen molar-refractivity contribution in [3.05, 3.63) is 76.9 Å². The zero-order chi connectivity index (χ0) is 19.8. The third-order valence-electron chi connectivity index (χ3n) is 4.87. The SMILES string of the molecule is Cc1ccc(-c2ccc(-c3ccc(OC(F)(F)F)cc3C)c(C)c2C)cc1. The Morgan fingerprint density at radius 2 is 1.22 bits per heavy atom. The molecule has 3 aromatic rings. The normalized spacial score (nSPS) is 11.5. The quantitative estimate of drug-likeness (QED) is 0.475. The summed E-state index contributed by atoms with van der Waals surface area (Å²) < 4.78 is 41.3. The monoisotopic (exact) mass is 370 g/mol. The highest BCUT2D eigenvalue weighted by Crippen LogP contribution is 2.35. The van der Waals surface area contributed by atoms with Gasteiger partial charge in [0.05, 0.1) is 0 Å². The Bertz CT molecular complexity index is 970. The Morgan fingerprint density at radius 1 is 0.667 bits per heavy atom. The van der Waals surface area contributed by atoms with E-state index < -0.39 is 6.36 Å². The number of hydrogen-bond acceptors (Lipinski definition) is 1. The lowest BCUT2D eigenvalue weighted by Crippen LogP contribution is -2.17. The van der Waals surface area contributed by atoms with Crippen molar-refractivity contribution in [1.82, 2.24) is 0 Å². The van der Waals surface area contributed by atoms with Gasteiger partial charge in [0.15, 0.2) is 0 Å². The van der Waals surface area contributed by atoms with E-state index in [1.54, 1.807) is 13.0 Å². The van der Waals surface area contributed by atoms with Gasteiger partial charge in [-0.1, -0.05) is 48.0 Å². The van der Waals surface area contributed by atoms with E-state index in [0.29, 0.717) is 0 Å². The van der Waals surface area contributed by atoms with Crippen LogP contribution in [0.15, 0.2) is 54.6 Å². The number of aryl methyl sites for hydroxylation is 2. The van der Waals surface area contributed by atoms with Gasteiger partial charge >= 0.3 is 6.36 Å². The van der Waals surface area contributed by atoms with Gasteiger partial charge in [-0.25, -0.2) is 0 Å². The third kappa shape index (κ3) is 4.16. The number of rotatable bonds is 3. The third-order valence-corrected chi connectivity index (χ3v) is 4.87. The second-order valence-corrected chi connectivity index (χ2v) is 6.80. The Labute approximate surface area is 157 Å². The van der Waals surface area contributed by atoms with Crippen LogP contribution < -0.4 is 4.74 Å². The summed E-state index contributed by atoms with van der Waals surface area (Å²) in [5.74, 6) is -0.200. The van der Waals surface area contributed by atoms with Crippen molar-refractivity contribution in [2.75, 3.05) is 0 Å². The van der Waals surface area contributed by atoms with Crippen LogP contribution in [0.4, 0.5) is 13.2 Å². The van der Waals surface area contributed by atoms with Gasteiger partial charge in [0.25, 0.3) is 0 Å². The lowest BCUT2D eigenvalue weighted by atomic mass is 9.89. The summed E-state index contributed by atoms with van der Waals surface area (Å²) in [6.07, 6.45) is -4.68. The molecule has 3 aromatic carbocycles. The van der Waals surface area contributed by atoms with Crippen molar-refractivity contribution in [2.24, 2.45) is 0 Å². The zero-order valence-corrected chi connectivity index (χ0v) is 15.7. The maximum Gasteiger partial charge on any atom is 0.573 e. The number of hydrogen-bond donors (Lipinski definition) is 0. The van der Waals surface area contributed by atoms with Crippen molar-refractivity contribution in [2.45, 2.75) is 34.1 Å². The van der Waals surface area contributed by atoms with E-state index in [2.05, 4.69) is 48.9 Å². The van der Waals surface area contributed by atoms with Crippen LogP contribution >= 0.6 is 0 Å². The van der Waals surface area contributed by atoms with Gasteiger partial charge in [-0.3, -0.25) is 0 Å². The minimum absolute atomic E-state index is 0.200. The molecule has 140 valence electrons. The molecule has 0 aromatic heterocycles. The highest BCUT2D eigenvalue weighted by Gasteiger charge is 2.31. The van der Waals surface area contributed by atoms with Gasteiger partial charge in [-0.15, -0.1) is 13.2 Å². The van der Waals surface area contributed by atoms with E-state index in [1.165, 1.54) is 17.7 Å². The first kappa shape index (κ1) is 19.0. The Balaban J connectivity index is 2.01. The van der Waals surface area contributed by atoms with E-state index >= 15 is 0 Å². The summed E-state index contributed by atoms with van der Waals surface area (Å²) in [5, 5.41) is 0. The average Bonchev–Trinajstić information content (AvgIpc) is 2.58. The predicted molar refractivity (Wildman–Crippen MR) is 103 cm³/mol. The fraction of sp³-hybridized carbons (Fsp3) is 0.217. The molecule has 0 saturated heterocycles. The van der Waals surface area contributed by atoms with Crippen molar-refractivity contribution < 1.29 is 17.9 Å². The molecule has 3 rings (SSSR count). The summed E-state index contributed by atoms with van der Waals surface area (Å²) in [6.45, 7) is 7.97. The molecule has 0 aliphatic carbocycles. The maximum absolute atomic E-state index is 12.4. The molecule has 0 N–H and O–H groups in total. The van der Waals surface area contributed by atoms with Crippen LogP contribution in [0, 0.1) is 27.7 Å². The fourth-order valence-electron chi connectivity index (χ4n) is 3.29. The molecule has 0 saturated carbocycles. The molecule has 27 heavy (non-hydrogen) atoms. The van der Waals surface area contributed by atoms with Gasteiger partial charge in [-0.05, 0) is 78.8 Å². The van der Waals surface area contributed by atoms with E-state index in [4.69, 9.17) is 0 Å². The highest BCUT2D eigenvalue weighted by atomic mass is 19.4. The van der Waals surface area contributed by atoms with Crippen LogP contribution in [0.25, 0.3) is 22.3 Å². The van der Waals surface area contributed by atoms with Crippen LogP contribution in [0.1, 0.15) is 22.3 Å². The van der Waals surface area contributed by atoms with Crippen molar-refractivity contribution >= 4 is 0 Å². The summed E-state index contributed by atoms with van der Waals surface area (Å²) in [4.78, 5) is 0. The molecule has 0 fully saturated rings. The predicted octanol–water partition coefficient (Wildman–Crippen LogP) is 7.15. The molecule has 1 nitrogen and oxygen atoms in total. The molecule has 0 aliphatic rings. The molecular weight excluding hydrogens is 349 g/mol. The van der Waals surface area contributed by atoms with E-state index in [9.17, 15) is 13.2 Å². The van der Waals surface area contributed by atoms with E-state index in [0.717, 1.165) is 38.9 Å². The molecule has 0 heterocycles. The molecule has 0 bridgehead atoms. The van der Waals surface area contributed by atoms with Gasteiger partial charge < -0.3 is 4.74 Å². The molecule has 0 spiro atoms. The lowest BCUT2D eigenvalue weighted by molar-refractivity contribution is -0.274. The summed E-state index contributed by atoms with van der Waals surface area (Å²) in [5.41, 5.74) is 8.44. The minimum Gasteiger partial charge on any atom is -0.406 e. The Kier molecular flexibility index (Phi) is 5.01. The first-order valence-electron chi connectivity index (χ1n) is 8.70. The highest BCUT2D eigenvalue weighted by molar-refractivity contribution is 5.78. The Hall–Kier alpha value is -2.75. The summed E-state index contributed by atoms with van der Waals surface area (Å²) >= 11 is 0. The van der Waals surface area contributed by atoms with Crippen LogP contribution in [0.2, 0.25) is 0 Å². The van der Waals surface area contributed by atoms with Gasteiger partial charge in [0, 0.05) is 0 Å². The number of halogens is 3. The largest absolute Gasteiger partial charge is 0.573 e. The first-order valence-corrected chi connectivity index (χ1v) is 8.70. The van der Waals surface area contributed by atoms with Gasteiger partial charge in [0.2, 0.25) is 0 Å². The molecule has 0 aliphatic heterocycles. The average molecular weight is 370 g/mol. The molecule has 0 amide bonds. The zero-order valence-electron chi connectivity index (χ0n) is 15.7. The summed E-state index contributed by atoms with van der Waals surface area (Å²) in [6, 6.07) is 16.9. The number of ether oxygens (including phenoxy) is 1. The molecule has 0 atom stereocenters. The van der Waals surface area contributed by atoms with Crippen molar-refractivity contribution in [1.29, 1.82) is 0 Å². The second kappa shape index (κ2) is 7.10. The first-order chi connectivity index (χ1) is 12.7. The standard InChI is InChI=1S/C23H21F3O/c1-14-5-7-18(8-6-14)21-11-12-22(17(4)16(21)3)20-10-9-19(13-15(20)2)27-23(24,25)26/h5-13H,1-4H3. The maximum atomic E-state index is 12.4. The molecule has 4 heteroatoms. The van der Waals surface area contributed by atoms with E-state index in [-0.39, 0.29) is 5.75 Å². The molecular formula is C23H21F3O. The van der Waals surface area contributed by atoms with Crippen LogP contribution in [-0.2, 0) is 0 Å².